The van der Waals surface area contributed by atoms with Gasteiger partial charge in [0.1, 0.15) is 0 Å². The van der Waals surface area contributed by atoms with Gasteiger partial charge < -0.3 is 10.4 Å². The molecule has 5 aliphatic rings. The Morgan fingerprint density at radius 3 is 2.27 bits per heavy atom. The molecule has 2 N–H and O–H groups in total. The number of aromatic carboxylic acids is 1. The summed E-state index contributed by atoms with van der Waals surface area (Å²) in [7, 11) is 0. The maximum Gasteiger partial charge on any atom is 0.335 e. The minimum atomic E-state index is -0.870. The Morgan fingerprint density at radius 2 is 1.64 bits per heavy atom. The monoisotopic (exact) mass is 597 g/mol. The second-order valence-corrected chi connectivity index (χ2v) is 16.9. The van der Waals surface area contributed by atoms with Crippen molar-refractivity contribution in [2.24, 2.45) is 56.7 Å². The van der Waals surface area contributed by atoms with Crippen LogP contribution in [-0.2, 0) is 4.79 Å². The number of carboxylic acids is 1. The van der Waals surface area contributed by atoms with Gasteiger partial charge in [0.15, 0.2) is 0 Å². The minimum absolute atomic E-state index is 0.0123. The molecule has 4 heteroatoms. The molecule has 4 nitrogen and oxygen atoms in total. The summed E-state index contributed by atoms with van der Waals surface area (Å²) < 4.78 is 0. The van der Waals surface area contributed by atoms with Crippen molar-refractivity contribution in [3.8, 4) is 0 Å². The first-order chi connectivity index (χ1) is 20.6. The van der Waals surface area contributed by atoms with Crippen molar-refractivity contribution in [1.82, 2.24) is 5.32 Å². The predicted molar refractivity (Wildman–Crippen MR) is 179 cm³/mol. The van der Waals surface area contributed by atoms with Gasteiger partial charge in [-0.05, 0) is 151 Å². The van der Waals surface area contributed by atoms with E-state index in [1.54, 1.807) is 12.1 Å². The molecule has 9 unspecified atom stereocenters. The molecule has 44 heavy (non-hydrogen) atoms. The Hall–Kier alpha value is -2.62. The fraction of sp³-hybridized carbons (Fsp3) is 0.650. The normalized spacial score (nSPS) is 42.0. The highest BCUT2D eigenvalue weighted by Gasteiger charge is 2.70. The first-order valence-corrected chi connectivity index (χ1v) is 17.2. The van der Waals surface area contributed by atoms with E-state index in [9.17, 15) is 14.7 Å². The summed E-state index contributed by atoms with van der Waals surface area (Å²) in [5.74, 6) is 2.10. The zero-order valence-corrected chi connectivity index (χ0v) is 28.1. The molecular weight excluding hydrogens is 542 g/mol. The first-order valence-electron chi connectivity index (χ1n) is 17.2. The lowest BCUT2D eigenvalue weighted by atomic mass is 9.32. The molecule has 5 aliphatic carbocycles. The lowest BCUT2D eigenvalue weighted by molar-refractivity contribution is -0.225. The lowest BCUT2D eigenvalue weighted by Gasteiger charge is -2.72. The molecule has 4 fully saturated rings. The number of benzene rings is 1. The summed E-state index contributed by atoms with van der Waals surface area (Å²) in [6, 6.07) is 7.56. The number of carbonyl (C=O) groups excluding carboxylic acids is 1. The number of allylic oxidation sites excluding steroid dienone is 3. The quantitative estimate of drug-likeness (QED) is 0.254. The summed E-state index contributed by atoms with van der Waals surface area (Å²) in [6.07, 6.45) is 14.9. The summed E-state index contributed by atoms with van der Waals surface area (Å²) in [6.45, 7) is 24.1. The van der Waals surface area contributed by atoms with Crippen LogP contribution in [0.5, 0.6) is 0 Å². The average molecular weight is 598 g/mol. The van der Waals surface area contributed by atoms with Crippen molar-refractivity contribution in [2.75, 3.05) is 6.54 Å². The highest BCUT2D eigenvalue weighted by Crippen LogP contribution is 2.77. The Labute approximate surface area is 265 Å². The van der Waals surface area contributed by atoms with Gasteiger partial charge >= 0.3 is 5.97 Å². The molecule has 1 amide bonds. The van der Waals surface area contributed by atoms with E-state index in [1.165, 1.54) is 74.2 Å². The van der Waals surface area contributed by atoms with E-state index >= 15 is 0 Å². The summed E-state index contributed by atoms with van der Waals surface area (Å²) >= 11 is 0. The van der Waals surface area contributed by atoms with E-state index in [0.717, 1.165) is 13.0 Å². The Bertz CT molecular complexity index is 1400. The van der Waals surface area contributed by atoms with E-state index in [4.69, 9.17) is 0 Å². The first kappa shape index (κ1) is 31.4. The third-order valence-electron chi connectivity index (χ3n) is 15.1. The third-order valence-corrected chi connectivity index (χ3v) is 15.1. The fourth-order valence-electron chi connectivity index (χ4n) is 12.8. The van der Waals surface area contributed by atoms with Crippen molar-refractivity contribution < 1.29 is 14.7 Å². The Balaban J connectivity index is 1.34. The Kier molecular flexibility index (Phi) is 7.46. The largest absolute Gasteiger partial charge is 0.478 e. The van der Waals surface area contributed by atoms with Crippen molar-refractivity contribution >= 4 is 17.4 Å². The van der Waals surface area contributed by atoms with Crippen LogP contribution < -0.4 is 5.32 Å². The number of hydrogen-bond acceptors (Lipinski definition) is 2. The molecule has 1 aromatic carbocycles. The van der Waals surface area contributed by atoms with Crippen LogP contribution in [0.3, 0.4) is 0 Å². The number of nitrogens with one attached hydrogen (secondary N) is 1. The molecule has 0 bridgehead atoms. The molecule has 0 spiro atoms. The minimum Gasteiger partial charge on any atom is -0.478 e. The van der Waals surface area contributed by atoms with E-state index in [1.807, 2.05) is 12.1 Å². The van der Waals surface area contributed by atoms with Crippen molar-refractivity contribution in [1.29, 1.82) is 0 Å². The predicted octanol–water partition coefficient (Wildman–Crippen LogP) is 9.34. The topological polar surface area (TPSA) is 66.4 Å². The van der Waals surface area contributed by atoms with Crippen LogP contribution in [-0.4, -0.2) is 23.5 Å². The number of rotatable bonds is 6. The molecule has 0 heterocycles. The van der Waals surface area contributed by atoms with Crippen LogP contribution in [0.25, 0.3) is 5.57 Å². The summed E-state index contributed by atoms with van der Waals surface area (Å²) in [5, 5.41) is 12.7. The van der Waals surface area contributed by atoms with Gasteiger partial charge in [-0.25, -0.2) is 4.79 Å². The maximum atomic E-state index is 12.3. The highest BCUT2D eigenvalue weighted by atomic mass is 16.4. The molecule has 0 radical (unpaired) electrons. The van der Waals surface area contributed by atoms with E-state index in [0.29, 0.717) is 35.2 Å². The SMILES string of the molecule is C=CC(=O)NCC12CCC(C(=C)C)C1C1CCC3C4(C)CC=C(c5ccc(C(=O)O)cc5)C(C)(C)C4CCC3(C)C1(C)CC2. The fourth-order valence-corrected chi connectivity index (χ4v) is 12.8. The molecule has 238 valence electrons. The van der Waals surface area contributed by atoms with Gasteiger partial charge in [0, 0.05) is 6.54 Å². The van der Waals surface area contributed by atoms with Crippen molar-refractivity contribution in [2.45, 2.75) is 99.3 Å². The standard InChI is InChI=1S/C40H55NO3/c1-9-33(42)41-24-40-21-16-28(25(2)3)34(40)30-14-15-32-37(6)19-17-29(26-10-12-27(13-11-26)35(43)44)36(4,5)31(37)18-20-39(32,8)38(30,7)22-23-40/h9-13,17,28,30-32,34H,1-2,14-16,18-24H2,3-8H3,(H,41,42)(H,43,44). The third kappa shape index (κ3) is 4.28. The molecule has 0 aliphatic heterocycles. The zero-order chi connectivity index (χ0) is 31.9. The molecule has 0 aromatic heterocycles. The molecular formula is C40H55NO3. The molecule has 4 saturated carbocycles. The van der Waals surface area contributed by atoms with E-state index < -0.39 is 5.97 Å². The van der Waals surface area contributed by atoms with E-state index in [2.05, 4.69) is 66.1 Å². The molecule has 0 saturated heterocycles. The molecule has 1 aromatic rings. The smallest absolute Gasteiger partial charge is 0.335 e. The van der Waals surface area contributed by atoms with Gasteiger partial charge in [-0.2, -0.15) is 0 Å². The summed E-state index contributed by atoms with van der Waals surface area (Å²) in [5.41, 5.74) is 5.18. The van der Waals surface area contributed by atoms with Crippen LogP contribution in [0.15, 0.2) is 55.1 Å². The Morgan fingerprint density at radius 1 is 0.932 bits per heavy atom. The lowest BCUT2D eigenvalue weighted by Crippen LogP contribution is -2.66. The van der Waals surface area contributed by atoms with Crippen molar-refractivity contribution in [3.63, 3.8) is 0 Å². The zero-order valence-electron chi connectivity index (χ0n) is 28.1. The highest BCUT2D eigenvalue weighted by molar-refractivity contribution is 5.88. The van der Waals surface area contributed by atoms with Crippen LogP contribution in [0.4, 0.5) is 0 Å². The maximum absolute atomic E-state index is 12.3. The average Bonchev–Trinajstić information content (AvgIpc) is 3.36. The van der Waals surface area contributed by atoms with Crippen molar-refractivity contribution in [3.05, 3.63) is 66.3 Å². The molecule has 9 atom stereocenters. The second-order valence-electron chi connectivity index (χ2n) is 16.9. The van der Waals surface area contributed by atoms with Gasteiger partial charge in [0.25, 0.3) is 0 Å². The number of carbonyl (C=O) groups is 2. The van der Waals surface area contributed by atoms with Crippen LogP contribution >= 0.6 is 0 Å². The van der Waals surface area contributed by atoms with Gasteiger partial charge in [0.05, 0.1) is 5.56 Å². The second kappa shape index (κ2) is 10.5. The summed E-state index contributed by atoms with van der Waals surface area (Å²) in [4.78, 5) is 23.8. The molecule has 6 rings (SSSR count). The van der Waals surface area contributed by atoms with Crippen LogP contribution in [0.2, 0.25) is 0 Å². The number of amides is 1. The van der Waals surface area contributed by atoms with E-state index in [-0.39, 0.29) is 33.0 Å². The van der Waals surface area contributed by atoms with Crippen LogP contribution in [0.1, 0.15) is 115 Å². The number of carboxylic acid groups (broad SMARTS) is 1. The van der Waals surface area contributed by atoms with Gasteiger partial charge in [0.2, 0.25) is 5.91 Å². The number of hydrogen-bond donors (Lipinski definition) is 2. The van der Waals surface area contributed by atoms with Gasteiger partial charge in [-0.3, -0.25) is 4.79 Å². The van der Waals surface area contributed by atoms with Crippen LogP contribution in [0, 0.1) is 56.7 Å². The number of fused-ring (bicyclic) bond motifs is 7. The van der Waals surface area contributed by atoms with Gasteiger partial charge in [-0.1, -0.05) is 71.6 Å². The van der Waals surface area contributed by atoms with Gasteiger partial charge in [-0.15, -0.1) is 0 Å².